The molecule has 0 aliphatic heterocycles. The molecular formula is C19H23N5S. The lowest BCUT2D eigenvalue weighted by molar-refractivity contribution is 0.665. The lowest BCUT2D eigenvalue weighted by atomic mass is 10.2. The molecule has 1 aromatic carbocycles. The maximum atomic E-state index is 4.69. The highest BCUT2D eigenvalue weighted by Crippen LogP contribution is 2.21. The van der Waals surface area contributed by atoms with E-state index in [-0.39, 0.29) is 0 Å². The summed E-state index contributed by atoms with van der Waals surface area (Å²) in [6.07, 6.45) is 4.12. The van der Waals surface area contributed by atoms with E-state index in [1.165, 1.54) is 0 Å². The molecule has 5 nitrogen and oxygen atoms in total. The van der Waals surface area contributed by atoms with Gasteiger partial charge >= 0.3 is 0 Å². The van der Waals surface area contributed by atoms with Gasteiger partial charge in [0.2, 0.25) is 0 Å². The van der Waals surface area contributed by atoms with Crippen molar-refractivity contribution < 1.29 is 0 Å². The number of benzene rings is 1. The lowest BCUT2D eigenvalue weighted by Crippen LogP contribution is -2.38. The molecule has 130 valence electrons. The van der Waals surface area contributed by atoms with E-state index in [9.17, 15) is 0 Å². The van der Waals surface area contributed by atoms with E-state index >= 15 is 0 Å². The van der Waals surface area contributed by atoms with Gasteiger partial charge in [0, 0.05) is 43.0 Å². The number of nitrogens with one attached hydrogen (secondary N) is 2. The summed E-state index contributed by atoms with van der Waals surface area (Å²) in [6.45, 7) is 5.22. The van der Waals surface area contributed by atoms with Crippen LogP contribution in [0.2, 0.25) is 0 Å². The summed E-state index contributed by atoms with van der Waals surface area (Å²) in [6, 6.07) is 14.3. The number of nitrogens with zero attached hydrogens (tertiary/aromatic N) is 3. The Kier molecular flexibility index (Phi) is 6.23. The Morgan fingerprint density at radius 2 is 1.92 bits per heavy atom. The van der Waals surface area contributed by atoms with Crippen molar-refractivity contribution in [3.8, 4) is 11.3 Å². The van der Waals surface area contributed by atoms with Crippen molar-refractivity contribution in [3.63, 3.8) is 0 Å². The number of hydrogen-bond acceptors (Lipinski definition) is 3. The molecule has 6 heteroatoms. The van der Waals surface area contributed by atoms with Crippen LogP contribution in [0.3, 0.4) is 0 Å². The van der Waals surface area contributed by atoms with Crippen molar-refractivity contribution in [1.29, 1.82) is 0 Å². The molecule has 0 aliphatic rings. The van der Waals surface area contributed by atoms with Crippen LogP contribution in [0.4, 0.5) is 0 Å². The van der Waals surface area contributed by atoms with Gasteiger partial charge in [0.1, 0.15) is 5.01 Å². The van der Waals surface area contributed by atoms with Gasteiger partial charge in [0.15, 0.2) is 5.96 Å². The van der Waals surface area contributed by atoms with E-state index < -0.39 is 0 Å². The van der Waals surface area contributed by atoms with Gasteiger partial charge in [-0.2, -0.15) is 0 Å². The molecule has 2 N–H and O–H groups in total. The second kappa shape index (κ2) is 9.03. The van der Waals surface area contributed by atoms with Crippen LogP contribution in [0.1, 0.15) is 11.9 Å². The minimum atomic E-state index is 0.580. The van der Waals surface area contributed by atoms with Crippen molar-refractivity contribution >= 4 is 17.3 Å². The van der Waals surface area contributed by atoms with Gasteiger partial charge in [-0.15, -0.1) is 11.3 Å². The van der Waals surface area contributed by atoms with Gasteiger partial charge in [0.05, 0.1) is 12.2 Å². The molecule has 0 radical (unpaired) electrons. The van der Waals surface area contributed by atoms with Crippen molar-refractivity contribution in [3.05, 3.63) is 65.2 Å². The monoisotopic (exact) mass is 353 g/mol. The van der Waals surface area contributed by atoms with Gasteiger partial charge < -0.3 is 15.2 Å². The van der Waals surface area contributed by atoms with Gasteiger partial charge in [0.25, 0.3) is 0 Å². The molecule has 0 spiro atoms. The summed E-state index contributed by atoms with van der Waals surface area (Å²) in [5.41, 5.74) is 2.16. The van der Waals surface area contributed by atoms with E-state index in [1.54, 1.807) is 11.3 Å². The Balaban J connectivity index is 1.56. The quantitative estimate of drug-likeness (QED) is 0.506. The predicted octanol–water partition coefficient (Wildman–Crippen LogP) is 3.37. The minimum Gasteiger partial charge on any atom is -0.357 e. The fourth-order valence-corrected chi connectivity index (χ4v) is 3.16. The van der Waals surface area contributed by atoms with Crippen LogP contribution in [0.15, 0.2) is 65.2 Å². The van der Waals surface area contributed by atoms with E-state index in [0.29, 0.717) is 6.54 Å². The zero-order valence-electron chi connectivity index (χ0n) is 14.4. The standard InChI is InChI=1S/C19H23N5S/c1-2-20-19(21-10-13-24-11-6-7-12-24)22-14-18-23-17(15-25-18)16-8-4-3-5-9-16/h3-9,11-12,15H,2,10,13-14H2,1H3,(H2,20,21,22). The first-order valence-corrected chi connectivity index (χ1v) is 9.36. The van der Waals surface area contributed by atoms with Crippen molar-refractivity contribution in [1.82, 2.24) is 20.2 Å². The van der Waals surface area contributed by atoms with Gasteiger partial charge in [-0.05, 0) is 19.1 Å². The van der Waals surface area contributed by atoms with E-state index in [0.717, 1.165) is 41.9 Å². The second-order valence-electron chi connectivity index (χ2n) is 5.54. The highest BCUT2D eigenvalue weighted by molar-refractivity contribution is 7.09. The molecule has 0 unspecified atom stereocenters. The van der Waals surface area contributed by atoms with Gasteiger partial charge in [-0.3, -0.25) is 0 Å². The first kappa shape index (κ1) is 17.2. The van der Waals surface area contributed by atoms with Crippen LogP contribution in [0.5, 0.6) is 0 Å². The third-order valence-electron chi connectivity index (χ3n) is 3.67. The maximum absolute atomic E-state index is 4.69. The fraction of sp³-hybridized carbons (Fsp3) is 0.263. The molecule has 3 aromatic rings. The third-order valence-corrected chi connectivity index (χ3v) is 4.50. The van der Waals surface area contributed by atoms with E-state index in [4.69, 9.17) is 0 Å². The molecule has 0 fully saturated rings. The first-order valence-electron chi connectivity index (χ1n) is 8.48. The van der Waals surface area contributed by atoms with Crippen LogP contribution in [-0.2, 0) is 13.1 Å². The number of hydrogen-bond donors (Lipinski definition) is 2. The Bertz CT molecular complexity index is 777. The van der Waals surface area contributed by atoms with Crippen molar-refractivity contribution in [2.75, 3.05) is 13.1 Å². The van der Waals surface area contributed by atoms with Gasteiger partial charge in [-0.25, -0.2) is 9.98 Å². The SMILES string of the molecule is CCNC(=NCc1nc(-c2ccccc2)cs1)NCCn1cccc1. The molecule has 2 aromatic heterocycles. The Morgan fingerprint density at radius 1 is 1.12 bits per heavy atom. The fourth-order valence-electron chi connectivity index (χ4n) is 2.44. The van der Waals surface area contributed by atoms with Crippen LogP contribution in [-0.4, -0.2) is 28.6 Å². The summed E-state index contributed by atoms with van der Waals surface area (Å²) in [5, 5.41) is 9.75. The van der Waals surface area contributed by atoms with Crippen LogP contribution < -0.4 is 10.6 Å². The molecule has 0 saturated carbocycles. The maximum Gasteiger partial charge on any atom is 0.191 e. The van der Waals surface area contributed by atoms with E-state index in [1.807, 2.05) is 30.3 Å². The van der Waals surface area contributed by atoms with Crippen LogP contribution in [0.25, 0.3) is 11.3 Å². The Labute approximate surface area is 152 Å². The summed E-state index contributed by atoms with van der Waals surface area (Å²) in [7, 11) is 0. The minimum absolute atomic E-state index is 0.580. The number of guanidine groups is 1. The van der Waals surface area contributed by atoms with Gasteiger partial charge in [-0.1, -0.05) is 30.3 Å². The highest BCUT2D eigenvalue weighted by atomic mass is 32.1. The number of rotatable bonds is 7. The van der Waals surface area contributed by atoms with E-state index in [2.05, 4.69) is 62.0 Å². The molecule has 0 amide bonds. The largest absolute Gasteiger partial charge is 0.357 e. The van der Waals surface area contributed by atoms with Crippen molar-refractivity contribution in [2.45, 2.75) is 20.0 Å². The summed E-state index contributed by atoms with van der Waals surface area (Å²) in [5.74, 6) is 0.825. The normalized spacial score (nSPS) is 11.5. The summed E-state index contributed by atoms with van der Waals surface area (Å²) >= 11 is 1.65. The molecule has 0 atom stereocenters. The molecule has 25 heavy (non-hydrogen) atoms. The average molecular weight is 353 g/mol. The zero-order valence-corrected chi connectivity index (χ0v) is 15.2. The third kappa shape index (κ3) is 5.19. The molecule has 0 aliphatic carbocycles. The highest BCUT2D eigenvalue weighted by Gasteiger charge is 2.04. The number of thiazole rings is 1. The van der Waals surface area contributed by atoms with Crippen LogP contribution >= 0.6 is 11.3 Å². The van der Waals surface area contributed by atoms with Crippen LogP contribution in [0, 0.1) is 0 Å². The van der Waals surface area contributed by atoms with Crippen molar-refractivity contribution in [2.24, 2.45) is 4.99 Å². The smallest absolute Gasteiger partial charge is 0.191 e. The molecule has 0 saturated heterocycles. The average Bonchev–Trinajstić information content (AvgIpc) is 3.32. The zero-order chi connectivity index (χ0) is 17.3. The first-order chi connectivity index (χ1) is 12.3. The topological polar surface area (TPSA) is 54.2 Å². The number of aliphatic imine (C=N–C) groups is 1. The Hall–Kier alpha value is -2.60. The molecule has 2 heterocycles. The predicted molar refractivity (Wildman–Crippen MR) is 105 cm³/mol. The lowest BCUT2D eigenvalue weighted by Gasteiger charge is -2.11. The number of aromatic nitrogens is 2. The second-order valence-corrected chi connectivity index (χ2v) is 6.48. The molecule has 3 rings (SSSR count). The molecular weight excluding hydrogens is 330 g/mol. The summed E-state index contributed by atoms with van der Waals surface area (Å²) in [4.78, 5) is 9.33. The molecule has 0 bridgehead atoms. The Morgan fingerprint density at radius 3 is 2.68 bits per heavy atom. The summed E-state index contributed by atoms with van der Waals surface area (Å²) < 4.78 is 2.14.